The van der Waals surface area contributed by atoms with Gasteiger partial charge in [-0.25, -0.2) is 4.79 Å². The van der Waals surface area contributed by atoms with Crippen LogP contribution in [0, 0.1) is 0 Å². The SMILES string of the molecule is CCN(Cc1ccccc1NC1CCSC1)C(=O)OC(C)(C)C. The number of amides is 1. The lowest BCUT2D eigenvalue weighted by Crippen LogP contribution is -2.36. The van der Waals surface area contributed by atoms with Crippen molar-refractivity contribution in [3.63, 3.8) is 0 Å². The fraction of sp³-hybridized carbons (Fsp3) is 0.611. The minimum absolute atomic E-state index is 0.258. The van der Waals surface area contributed by atoms with Crippen LogP contribution in [-0.2, 0) is 11.3 Å². The Kier molecular flexibility index (Phi) is 6.22. The van der Waals surface area contributed by atoms with Crippen LogP contribution >= 0.6 is 11.8 Å². The van der Waals surface area contributed by atoms with Gasteiger partial charge in [0, 0.05) is 24.0 Å². The quantitative estimate of drug-likeness (QED) is 0.867. The van der Waals surface area contributed by atoms with Crippen molar-refractivity contribution in [1.82, 2.24) is 4.90 Å². The maximum Gasteiger partial charge on any atom is 0.410 e. The Labute approximate surface area is 144 Å². The van der Waals surface area contributed by atoms with E-state index in [1.807, 2.05) is 51.6 Å². The number of thioether (sulfide) groups is 1. The minimum atomic E-state index is -0.469. The van der Waals surface area contributed by atoms with Crippen molar-refractivity contribution in [3.05, 3.63) is 29.8 Å². The van der Waals surface area contributed by atoms with Crippen molar-refractivity contribution in [1.29, 1.82) is 0 Å². The van der Waals surface area contributed by atoms with E-state index in [0.717, 1.165) is 17.0 Å². The molecule has 0 spiro atoms. The zero-order chi connectivity index (χ0) is 16.9. The molecule has 1 N–H and O–H groups in total. The van der Waals surface area contributed by atoms with Gasteiger partial charge in [-0.2, -0.15) is 11.8 Å². The van der Waals surface area contributed by atoms with E-state index in [1.54, 1.807) is 4.90 Å². The van der Waals surface area contributed by atoms with Crippen LogP contribution < -0.4 is 5.32 Å². The van der Waals surface area contributed by atoms with E-state index in [9.17, 15) is 4.79 Å². The molecule has 1 aromatic rings. The Morgan fingerprint density at radius 3 is 2.74 bits per heavy atom. The first kappa shape index (κ1) is 18.0. The Morgan fingerprint density at radius 2 is 2.13 bits per heavy atom. The van der Waals surface area contributed by atoms with Gasteiger partial charge in [-0.3, -0.25) is 0 Å². The fourth-order valence-corrected chi connectivity index (χ4v) is 3.66. The molecule has 1 amide bonds. The average molecular weight is 337 g/mol. The van der Waals surface area contributed by atoms with E-state index in [0.29, 0.717) is 19.1 Å². The molecule has 1 heterocycles. The molecule has 1 saturated heterocycles. The molecule has 2 rings (SSSR count). The van der Waals surface area contributed by atoms with E-state index in [2.05, 4.69) is 17.4 Å². The molecule has 0 aromatic heterocycles. The molecule has 1 atom stereocenters. The van der Waals surface area contributed by atoms with Crippen molar-refractivity contribution in [2.45, 2.75) is 52.3 Å². The maximum absolute atomic E-state index is 12.3. The predicted octanol–water partition coefficient (Wildman–Crippen LogP) is 4.36. The number of rotatable bonds is 5. The zero-order valence-corrected chi connectivity index (χ0v) is 15.4. The highest BCUT2D eigenvalue weighted by Gasteiger charge is 2.22. The van der Waals surface area contributed by atoms with Crippen LogP contribution in [0.5, 0.6) is 0 Å². The number of para-hydroxylation sites is 1. The summed E-state index contributed by atoms with van der Waals surface area (Å²) >= 11 is 1.99. The van der Waals surface area contributed by atoms with Gasteiger partial charge in [0.05, 0.1) is 6.54 Å². The van der Waals surface area contributed by atoms with Gasteiger partial charge in [-0.15, -0.1) is 0 Å². The molecule has 4 nitrogen and oxygen atoms in total. The third-order valence-corrected chi connectivity index (χ3v) is 4.86. The summed E-state index contributed by atoms with van der Waals surface area (Å²) in [6.07, 6.45) is 0.939. The third kappa shape index (κ3) is 5.65. The number of hydrogen-bond acceptors (Lipinski definition) is 4. The number of carbonyl (C=O) groups is 1. The van der Waals surface area contributed by atoms with Gasteiger partial charge >= 0.3 is 6.09 Å². The summed E-state index contributed by atoms with van der Waals surface area (Å²) in [6, 6.07) is 8.77. The zero-order valence-electron chi connectivity index (χ0n) is 14.6. The number of ether oxygens (including phenoxy) is 1. The van der Waals surface area contributed by atoms with Gasteiger partial charge in [-0.1, -0.05) is 18.2 Å². The van der Waals surface area contributed by atoms with E-state index in [1.165, 1.54) is 12.2 Å². The molecule has 23 heavy (non-hydrogen) atoms. The Balaban J connectivity index is 2.06. The predicted molar refractivity (Wildman–Crippen MR) is 98.1 cm³/mol. The van der Waals surface area contributed by atoms with E-state index in [4.69, 9.17) is 4.74 Å². The molecule has 1 aliphatic heterocycles. The molecular formula is C18H28N2O2S. The molecule has 0 saturated carbocycles. The van der Waals surface area contributed by atoms with E-state index in [-0.39, 0.29) is 6.09 Å². The van der Waals surface area contributed by atoms with Crippen LogP contribution in [0.25, 0.3) is 0 Å². The largest absolute Gasteiger partial charge is 0.444 e. The number of carbonyl (C=O) groups excluding carboxylic acids is 1. The Bertz CT molecular complexity index is 522. The molecule has 0 aliphatic carbocycles. The van der Waals surface area contributed by atoms with Crippen LogP contribution in [0.2, 0.25) is 0 Å². The fourth-order valence-electron chi connectivity index (χ4n) is 2.50. The highest BCUT2D eigenvalue weighted by atomic mass is 32.2. The summed E-state index contributed by atoms with van der Waals surface area (Å²) in [5.74, 6) is 2.37. The monoisotopic (exact) mass is 336 g/mol. The summed E-state index contributed by atoms with van der Waals surface area (Å²) in [6.45, 7) is 8.86. The van der Waals surface area contributed by atoms with Crippen molar-refractivity contribution in [3.8, 4) is 0 Å². The van der Waals surface area contributed by atoms with Crippen LogP contribution in [0.3, 0.4) is 0 Å². The highest BCUT2D eigenvalue weighted by molar-refractivity contribution is 7.99. The first-order valence-electron chi connectivity index (χ1n) is 8.29. The van der Waals surface area contributed by atoms with Crippen LogP contribution in [-0.4, -0.2) is 40.7 Å². The minimum Gasteiger partial charge on any atom is -0.444 e. The lowest BCUT2D eigenvalue weighted by atomic mass is 10.1. The first-order chi connectivity index (χ1) is 10.9. The smallest absolute Gasteiger partial charge is 0.410 e. The second-order valence-corrected chi connectivity index (χ2v) is 8.01. The summed E-state index contributed by atoms with van der Waals surface area (Å²) in [5, 5.41) is 3.63. The van der Waals surface area contributed by atoms with E-state index >= 15 is 0 Å². The molecule has 5 heteroatoms. The summed E-state index contributed by atoms with van der Waals surface area (Å²) in [5.41, 5.74) is 1.79. The van der Waals surface area contributed by atoms with Crippen molar-refractivity contribution in [2.24, 2.45) is 0 Å². The number of nitrogens with zero attached hydrogens (tertiary/aromatic N) is 1. The molecule has 1 fully saturated rings. The molecule has 1 aliphatic rings. The summed E-state index contributed by atoms with van der Waals surface area (Å²) < 4.78 is 5.50. The average Bonchev–Trinajstić information content (AvgIpc) is 2.97. The number of hydrogen-bond donors (Lipinski definition) is 1. The van der Waals surface area contributed by atoms with Gasteiger partial charge in [0.15, 0.2) is 0 Å². The Morgan fingerprint density at radius 1 is 1.39 bits per heavy atom. The molecule has 1 unspecified atom stereocenters. The first-order valence-corrected chi connectivity index (χ1v) is 9.44. The number of anilines is 1. The topological polar surface area (TPSA) is 41.6 Å². The second kappa shape index (κ2) is 7.95. The van der Waals surface area contributed by atoms with Crippen molar-refractivity contribution < 1.29 is 9.53 Å². The highest BCUT2D eigenvalue weighted by Crippen LogP contribution is 2.24. The van der Waals surface area contributed by atoms with Gasteiger partial charge < -0.3 is 15.0 Å². The van der Waals surface area contributed by atoms with Crippen molar-refractivity contribution in [2.75, 3.05) is 23.4 Å². The molecule has 1 aromatic carbocycles. The van der Waals surface area contributed by atoms with E-state index < -0.39 is 5.60 Å². The van der Waals surface area contributed by atoms with Crippen LogP contribution in [0.4, 0.5) is 10.5 Å². The van der Waals surface area contributed by atoms with Gasteiger partial charge in [0.2, 0.25) is 0 Å². The van der Waals surface area contributed by atoms with Crippen LogP contribution in [0.15, 0.2) is 24.3 Å². The molecular weight excluding hydrogens is 308 g/mol. The van der Waals surface area contributed by atoms with Gasteiger partial charge in [0.1, 0.15) is 5.60 Å². The normalized spacial score (nSPS) is 17.8. The molecule has 128 valence electrons. The van der Waals surface area contributed by atoms with Gasteiger partial charge in [0.25, 0.3) is 0 Å². The lowest BCUT2D eigenvalue weighted by Gasteiger charge is -2.27. The maximum atomic E-state index is 12.3. The Hall–Kier alpha value is -1.36. The summed E-state index contributed by atoms with van der Waals surface area (Å²) in [4.78, 5) is 14.1. The number of benzene rings is 1. The molecule has 0 radical (unpaired) electrons. The van der Waals surface area contributed by atoms with Gasteiger partial charge in [-0.05, 0) is 51.5 Å². The summed E-state index contributed by atoms with van der Waals surface area (Å²) in [7, 11) is 0. The number of nitrogens with one attached hydrogen (secondary N) is 1. The lowest BCUT2D eigenvalue weighted by molar-refractivity contribution is 0.0245. The third-order valence-electron chi connectivity index (χ3n) is 3.70. The standard InChI is InChI=1S/C18H28N2O2S/c1-5-20(17(21)22-18(2,3)4)12-14-8-6-7-9-16(14)19-15-10-11-23-13-15/h6-9,15,19H,5,10-13H2,1-4H3. The van der Waals surface area contributed by atoms with Crippen LogP contribution in [0.1, 0.15) is 39.7 Å². The molecule has 0 bridgehead atoms. The second-order valence-electron chi connectivity index (χ2n) is 6.86. The van der Waals surface area contributed by atoms with Crippen molar-refractivity contribution >= 4 is 23.5 Å².